The van der Waals surface area contributed by atoms with Gasteiger partial charge in [-0.25, -0.2) is 4.39 Å². The second-order valence-corrected chi connectivity index (χ2v) is 4.79. The highest BCUT2D eigenvalue weighted by Crippen LogP contribution is 2.32. The third-order valence-electron chi connectivity index (χ3n) is 2.33. The number of hydrogen-bond acceptors (Lipinski definition) is 3. The molecule has 0 unspecified atom stereocenters. The molecule has 1 aromatic carbocycles. The predicted octanol–water partition coefficient (Wildman–Crippen LogP) is 1.83. The molecule has 3 N–H and O–H groups in total. The van der Waals surface area contributed by atoms with Gasteiger partial charge in [-0.05, 0) is 34.8 Å². The summed E-state index contributed by atoms with van der Waals surface area (Å²) in [5.74, 6) is -0.357. The molecular formula is C11H12BrFN2O2. The van der Waals surface area contributed by atoms with Crippen LogP contribution < -0.4 is 15.8 Å². The fraction of sp³-hybridized carbons (Fsp3) is 0.364. The maximum absolute atomic E-state index is 12.9. The van der Waals surface area contributed by atoms with Crippen LogP contribution in [0.15, 0.2) is 16.6 Å². The van der Waals surface area contributed by atoms with Gasteiger partial charge >= 0.3 is 0 Å². The minimum absolute atomic E-state index is 0.120. The van der Waals surface area contributed by atoms with Crippen molar-refractivity contribution in [2.45, 2.75) is 18.9 Å². The van der Waals surface area contributed by atoms with Crippen molar-refractivity contribution in [2.75, 3.05) is 12.3 Å². The van der Waals surface area contributed by atoms with Gasteiger partial charge in [0.25, 0.3) is 5.91 Å². The molecule has 0 atom stereocenters. The Balaban J connectivity index is 1.95. The number of benzene rings is 1. The third kappa shape index (κ3) is 3.33. The van der Waals surface area contributed by atoms with E-state index in [4.69, 9.17) is 10.5 Å². The normalized spacial score (nSPS) is 14.5. The second-order valence-electron chi connectivity index (χ2n) is 3.94. The molecule has 0 spiro atoms. The van der Waals surface area contributed by atoms with Crippen LogP contribution in [0.5, 0.6) is 5.75 Å². The van der Waals surface area contributed by atoms with Crippen LogP contribution >= 0.6 is 15.9 Å². The van der Waals surface area contributed by atoms with Crippen LogP contribution in [0.2, 0.25) is 0 Å². The van der Waals surface area contributed by atoms with Crippen LogP contribution in [-0.2, 0) is 4.79 Å². The number of nitrogens with one attached hydrogen (secondary N) is 1. The lowest BCUT2D eigenvalue weighted by Crippen LogP contribution is -2.30. The Labute approximate surface area is 106 Å². The monoisotopic (exact) mass is 302 g/mol. The van der Waals surface area contributed by atoms with E-state index in [9.17, 15) is 9.18 Å². The minimum atomic E-state index is -0.454. The summed E-state index contributed by atoms with van der Waals surface area (Å²) in [6.07, 6.45) is 2.04. The summed E-state index contributed by atoms with van der Waals surface area (Å²) in [4.78, 5) is 11.4. The van der Waals surface area contributed by atoms with Crippen molar-refractivity contribution in [3.63, 3.8) is 0 Å². The Morgan fingerprint density at radius 2 is 2.29 bits per heavy atom. The highest BCUT2D eigenvalue weighted by atomic mass is 79.9. The molecule has 1 aromatic rings. The Morgan fingerprint density at radius 3 is 2.88 bits per heavy atom. The molecule has 0 aliphatic heterocycles. The van der Waals surface area contributed by atoms with Gasteiger partial charge in [0.1, 0.15) is 5.82 Å². The predicted molar refractivity (Wildman–Crippen MR) is 65.2 cm³/mol. The lowest BCUT2D eigenvalue weighted by atomic mass is 10.3. The number of rotatable bonds is 4. The van der Waals surface area contributed by atoms with Gasteiger partial charge in [0.15, 0.2) is 12.4 Å². The van der Waals surface area contributed by atoms with Crippen LogP contribution in [0, 0.1) is 5.82 Å². The molecule has 1 fully saturated rings. The summed E-state index contributed by atoms with van der Waals surface area (Å²) in [5, 5.41) is 2.78. The molecular weight excluding hydrogens is 291 g/mol. The van der Waals surface area contributed by atoms with Gasteiger partial charge in [0, 0.05) is 12.1 Å². The zero-order valence-corrected chi connectivity index (χ0v) is 10.6. The summed E-state index contributed by atoms with van der Waals surface area (Å²) in [7, 11) is 0. The van der Waals surface area contributed by atoms with E-state index < -0.39 is 5.82 Å². The zero-order valence-electron chi connectivity index (χ0n) is 9.00. The standard InChI is InChI=1S/C11H12BrFN2O2/c12-8-3-6(13)4-9(14)11(8)17-5-10(16)15-7-1-2-7/h3-4,7H,1-2,5,14H2,(H,15,16). The van der Waals surface area contributed by atoms with Crippen LogP contribution in [0.25, 0.3) is 0 Å². The number of nitrogen functional groups attached to an aromatic ring is 1. The van der Waals surface area contributed by atoms with Crippen LogP contribution in [0.3, 0.4) is 0 Å². The third-order valence-corrected chi connectivity index (χ3v) is 2.92. The van der Waals surface area contributed by atoms with E-state index in [1.807, 2.05) is 0 Å². The van der Waals surface area contributed by atoms with Crippen LogP contribution in [0.4, 0.5) is 10.1 Å². The molecule has 0 heterocycles. The topological polar surface area (TPSA) is 64.3 Å². The smallest absolute Gasteiger partial charge is 0.258 e. The van der Waals surface area contributed by atoms with Crippen molar-refractivity contribution < 1.29 is 13.9 Å². The Kier molecular flexibility index (Phi) is 3.51. The summed E-state index contributed by atoms with van der Waals surface area (Å²) in [6, 6.07) is 2.68. The van der Waals surface area contributed by atoms with Crippen LogP contribution in [0.1, 0.15) is 12.8 Å². The molecule has 0 bridgehead atoms. The van der Waals surface area contributed by atoms with Crippen molar-refractivity contribution in [1.82, 2.24) is 5.32 Å². The van der Waals surface area contributed by atoms with Gasteiger partial charge in [0.2, 0.25) is 0 Å². The zero-order chi connectivity index (χ0) is 12.4. The van der Waals surface area contributed by atoms with Gasteiger partial charge in [-0.1, -0.05) is 0 Å². The molecule has 6 heteroatoms. The van der Waals surface area contributed by atoms with Crippen molar-refractivity contribution in [3.8, 4) is 5.75 Å². The molecule has 92 valence electrons. The van der Waals surface area contributed by atoms with Gasteiger partial charge in [0.05, 0.1) is 10.2 Å². The van der Waals surface area contributed by atoms with E-state index in [0.29, 0.717) is 10.5 Å². The molecule has 1 saturated carbocycles. The number of carbonyl (C=O) groups excluding carboxylic acids is 1. The molecule has 1 aliphatic rings. The molecule has 0 radical (unpaired) electrons. The molecule has 4 nitrogen and oxygen atoms in total. The summed E-state index contributed by atoms with van der Waals surface area (Å²) >= 11 is 3.13. The fourth-order valence-corrected chi connectivity index (χ4v) is 1.93. The number of carbonyl (C=O) groups is 1. The molecule has 1 amide bonds. The Hall–Kier alpha value is -1.30. The maximum Gasteiger partial charge on any atom is 0.258 e. The summed E-state index contributed by atoms with van der Waals surface area (Å²) in [6.45, 7) is -0.120. The van der Waals surface area contributed by atoms with Crippen molar-refractivity contribution in [3.05, 3.63) is 22.4 Å². The Bertz CT molecular complexity index is 426. The first-order valence-electron chi connectivity index (χ1n) is 5.23. The summed E-state index contributed by atoms with van der Waals surface area (Å²) < 4.78 is 18.6. The van der Waals surface area contributed by atoms with Gasteiger partial charge < -0.3 is 15.8 Å². The number of ether oxygens (including phenoxy) is 1. The van der Waals surface area contributed by atoms with E-state index in [0.717, 1.165) is 18.9 Å². The van der Waals surface area contributed by atoms with Crippen molar-refractivity contribution >= 4 is 27.5 Å². The van der Waals surface area contributed by atoms with E-state index in [1.165, 1.54) is 6.07 Å². The van der Waals surface area contributed by atoms with Crippen molar-refractivity contribution in [1.29, 1.82) is 0 Å². The first-order chi connectivity index (χ1) is 8.06. The lowest BCUT2D eigenvalue weighted by Gasteiger charge is -2.10. The van der Waals surface area contributed by atoms with Gasteiger partial charge in [-0.15, -0.1) is 0 Å². The maximum atomic E-state index is 12.9. The fourth-order valence-electron chi connectivity index (χ4n) is 1.37. The molecule has 0 aromatic heterocycles. The molecule has 17 heavy (non-hydrogen) atoms. The lowest BCUT2D eigenvalue weighted by molar-refractivity contribution is -0.123. The van der Waals surface area contributed by atoms with Crippen LogP contribution in [-0.4, -0.2) is 18.6 Å². The van der Waals surface area contributed by atoms with E-state index in [-0.39, 0.29) is 24.0 Å². The van der Waals surface area contributed by atoms with E-state index in [1.54, 1.807) is 0 Å². The first-order valence-corrected chi connectivity index (χ1v) is 6.02. The van der Waals surface area contributed by atoms with E-state index >= 15 is 0 Å². The quantitative estimate of drug-likeness (QED) is 0.834. The first kappa shape index (κ1) is 12.2. The Morgan fingerprint density at radius 1 is 1.59 bits per heavy atom. The van der Waals surface area contributed by atoms with Gasteiger partial charge in [-0.2, -0.15) is 0 Å². The number of anilines is 1. The molecule has 0 saturated heterocycles. The molecule has 2 rings (SSSR count). The number of nitrogens with two attached hydrogens (primary N) is 1. The highest BCUT2D eigenvalue weighted by molar-refractivity contribution is 9.10. The summed E-state index contributed by atoms with van der Waals surface area (Å²) in [5.41, 5.74) is 5.76. The average molecular weight is 303 g/mol. The van der Waals surface area contributed by atoms with E-state index in [2.05, 4.69) is 21.2 Å². The second kappa shape index (κ2) is 4.91. The SMILES string of the molecule is Nc1cc(F)cc(Br)c1OCC(=O)NC1CC1. The molecule has 1 aliphatic carbocycles. The average Bonchev–Trinajstić information content (AvgIpc) is 2.99. The number of amides is 1. The number of halogens is 2. The number of hydrogen-bond donors (Lipinski definition) is 2. The largest absolute Gasteiger partial charge is 0.480 e. The van der Waals surface area contributed by atoms with Crippen molar-refractivity contribution in [2.24, 2.45) is 0 Å². The van der Waals surface area contributed by atoms with Gasteiger partial charge in [-0.3, -0.25) is 4.79 Å². The minimum Gasteiger partial charge on any atom is -0.480 e. The highest BCUT2D eigenvalue weighted by Gasteiger charge is 2.23.